The zero-order valence-corrected chi connectivity index (χ0v) is 19.2. The maximum atomic E-state index is 6.46. The first-order chi connectivity index (χ1) is 14.2. The van der Waals surface area contributed by atoms with E-state index in [1.54, 1.807) is 7.11 Å². The van der Waals surface area contributed by atoms with Gasteiger partial charge >= 0.3 is 0 Å². The lowest BCUT2D eigenvalue weighted by Crippen LogP contribution is -2.47. The molecule has 3 heteroatoms. The first kappa shape index (κ1) is 24.4. The van der Waals surface area contributed by atoms with Crippen LogP contribution in [-0.4, -0.2) is 25.6 Å². The van der Waals surface area contributed by atoms with E-state index in [0.29, 0.717) is 19.1 Å². The first-order valence-electron chi connectivity index (χ1n) is 12.0. The van der Waals surface area contributed by atoms with Crippen LogP contribution in [0.2, 0.25) is 0 Å². The Balaban J connectivity index is 1.76. The molecule has 0 aromatic heterocycles. The van der Waals surface area contributed by atoms with Crippen molar-refractivity contribution in [3.8, 4) is 0 Å². The lowest BCUT2D eigenvalue weighted by atomic mass is 9.83. The minimum absolute atomic E-state index is 0.0994. The normalized spacial score (nSPS) is 24.7. The van der Waals surface area contributed by atoms with E-state index in [1.807, 2.05) is 6.07 Å². The first-order valence-corrected chi connectivity index (χ1v) is 12.0. The zero-order chi connectivity index (χ0) is 20.8. The van der Waals surface area contributed by atoms with E-state index in [-0.39, 0.29) is 11.9 Å². The summed E-state index contributed by atoms with van der Waals surface area (Å²) < 4.78 is 18.2. The topological polar surface area (TPSA) is 27.7 Å². The summed E-state index contributed by atoms with van der Waals surface area (Å²) in [6, 6.07) is 10.4. The van der Waals surface area contributed by atoms with Gasteiger partial charge in [0.1, 0.15) is 0 Å². The second-order valence-electron chi connectivity index (χ2n) is 9.07. The van der Waals surface area contributed by atoms with Crippen LogP contribution in [0.1, 0.15) is 96.5 Å². The molecule has 2 rings (SSSR count). The second kappa shape index (κ2) is 14.2. The molecule has 3 nitrogen and oxygen atoms in total. The standard InChI is InChI=1S/C26H44O3/c1-4-5-6-7-8-9-10-11-15-18-26(20-23(2)19-25(27-3)29-26)22-28-21-24-16-13-12-14-17-24/h12-14,16-17,23,25H,4-11,15,18-22H2,1-3H3/t23-,25?,26-/m1/s1. The van der Waals surface area contributed by atoms with Crippen LogP contribution >= 0.6 is 0 Å². The van der Waals surface area contributed by atoms with E-state index in [0.717, 1.165) is 19.3 Å². The summed E-state index contributed by atoms with van der Waals surface area (Å²) in [5.41, 5.74) is 1.02. The minimum Gasteiger partial charge on any atom is -0.374 e. The van der Waals surface area contributed by atoms with Gasteiger partial charge in [-0.25, -0.2) is 0 Å². The zero-order valence-electron chi connectivity index (χ0n) is 19.2. The van der Waals surface area contributed by atoms with Gasteiger partial charge in [0.25, 0.3) is 0 Å². The number of rotatable bonds is 15. The van der Waals surface area contributed by atoms with Crippen molar-refractivity contribution >= 4 is 0 Å². The van der Waals surface area contributed by atoms with E-state index in [1.165, 1.54) is 63.4 Å². The van der Waals surface area contributed by atoms with Crippen molar-refractivity contribution in [3.63, 3.8) is 0 Å². The third-order valence-corrected chi connectivity index (χ3v) is 6.17. The predicted octanol–water partition coefficient (Wildman–Crippen LogP) is 7.28. The number of benzene rings is 1. The van der Waals surface area contributed by atoms with Crippen molar-refractivity contribution in [1.29, 1.82) is 0 Å². The van der Waals surface area contributed by atoms with Crippen LogP contribution in [0.25, 0.3) is 0 Å². The Morgan fingerprint density at radius 2 is 1.62 bits per heavy atom. The maximum absolute atomic E-state index is 6.46. The Morgan fingerprint density at radius 1 is 0.966 bits per heavy atom. The third kappa shape index (κ3) is 9.63. The van der Waals surface area contributed by atoms with Gasteiger partial charge in [-0.2, -0.15) is 0 Å². The Bertz CT molecular complexity index is 518. The molecule has 29 heavy (non-hydrogen) atoms. The molecule has 1 heterocycles. The number of hydrogen-bond acceptors (Lipinski definition) is 3. The molecule has 166 valence electrons. The lowest BCUT2D eigenvalue weighted by Gasteiger charge is -2.43. The van der Waals surface area contributed by atoms with Gasteiger partial charge < -0.3 is 14.2 Å². The molecule has 1 unspecified atom stereocenters. The molecular formula is C26H44O3. The molecule has 0 saturated carbocycles. The highest BCUT2D eigenvalue weighted by atomic mass is 16.7. The average molecular weight is 405 g/mol. The van der Waals surface area contributed by atoms with Crippen LogP contribution in [0.3, 0.4) is 0 Å². The summed E-state index contributed by atoms with van der Waals surface area (Å²) in [5, 5.41) is 0. The Labute approximate surface area is 179 Å². The summed E-state index contributed by atoms with van der Waals surface area (Å²) in [6.07, 6.45) is 15.2. The van der Waals surface area contributed by atoms with E-state index in [9.17, 15) is 0 Å². The van der Waals surface area contributed by atoms with Gasteiger partial charge in [0, 0.05) is 13.5 Å². The van der Waals surface area contributed by atoms with Crippen molar-refractivity contribution in [1.82, 2.24) is 0 Å². The Morgan fingerprint density at radius 3 is 2.28 bits per heavy atom. The molecule has 0 radical (unpaired) electrons. The van der Waals surface area contributed by atoms with Crippen LogP contribution < -0.4 is 0 Å². The highest BCUT2D eigenvalue weighted by Gasteiger charge is 2.40. The predicted molar refractivity (Wildman–Crippen MR) is 121 cm³/mol. The molecular weight excluding hydrogens is 360 g/mol. The lowest BCUT2D eigenvalue weighted by molar-refractivity contribution is -0.255. The van der Waals surface area contributed by atoms with Crippen LogP contribution in [-0.2, 0) is 20.8 Å². The highest BCUT2D eigenvalue weighted by Crippen LogP contribution is 2.37. The second-order valence-corrected chi connectivity index (χ2v) is 9.07. The fourth-order valence-corrected chi connectivity index (χ4v) is 4.58. The van der Waals surface area contributed by atoms with Gasteiger partial charge in [0.05, 0.1) is 18.8 Å². The van der Waals surface area contributed by atoms with E-state index < -0.39 is 0 Å². The number of methoxy groups -OCH3 is 1. The molecule has 1 fully saturated rings. The van der Waals surface area contributed by atoms with Gasteiger partial charge in [-0.15, -0.1) is 0 Å². The number of hydrogen-bond donors (Lipinski definition) is 0. The quantitative estimate of drug-likeness (QED) is 0.287. The van der Waals surface area contributed by atoms with E-state index >= 15 is 0 Å². The Hall–Kier alpha value is -0.900. The van der Waals surface area contributed by atoms with Crippen molar-refractivity contribution in [2.75, 3.05) is 13.7 Å². The smallest absolute Gasteiger partial charge is 0.158 e. The largest absolute Gasteiger partial charge is 0.374 e. The summed E-state index contributed by atoms with van der Waals surface area (Å²) in [6.45, 7) is 5.90. The third-order valence-electron chi connectivity index (χ3n) is 6.17. The van der Waals surface area contributed by atoms with Crippen LogP contribution in [0, 0.1) is 5.92 Å². The van der Waals surface area contributed by atoms with Crippen molar-refractivity contribution in [3.05, 3.63) is 35.9 Å². The molecule has 0 bridgehead atoms. The maximum Gasteiger partial charge on any atom is 0.158 e. The van der Waals surface area contributed by atoms with Crippen molar-refractivity contribution < 1.29 is 14.2 Å². The summed E-state index contributed by atoms with van der Waals surface area (Å²) in [4.78, 5) is 0. The van der Waals surface area contributed by atoms with Crippen molar-refractivity contribution in [2.24, 2.45) is 5.92 Å². The van der Waals surface area contributed by atoms with E-state index in [2.05, 4.69) is 38.1 Å². The van der Waals surface area contributed by atoms with E-state index in [4.69, 9.17) is 14.2 Å². The van der Waals surface area contributed by atoms with Crippen LogP contribution in [0.5, 0.6) is 0 Å². The molecule has 0 amide bonds. The van der Waals surface area contributed by atoms with Crippen molar-refractivity contribution in [2.45, 2.75) is 109 Å². The highest BCUT2D eigenvalue weighted by molar-refractivity contribution is 5.13. The summed E-state index contributed by atoms with van der Waals surface area (Å²) in [5.74, 6) is 0.604. The molecule has 0 spiro atoms. The molecule has 0 N–H and O–H groups in total. The molecule has 1 aromatic rings. The van der Waals surface area contributed by atoms with Crippen LogP contribution in [0.15, 0.2) is 30.3 Å². The summed E-state index contributed by atoms with van der Waals surface area (Å²) in [7, 11) is 1.76. The van der Waals surface area contributed by atoms with Gasteiger partial charge in [0.2, 0.25) is 0 Å². The fourth-order valence-electron chi connectivity index (χ4n) is 4.58. The fraction of sp³-hybridized carbons (Fsp3) is 0.769. The SMILES string of the molecule is CCCCCCCCCCC[C@]1(COCc2ccccc2)C[C@H](C)CC(OC)O1. The minimum atomic E-state index is -0.200. The molecule has 1 aliphatic heterocycles. The average Bonchev–Trinajstić information content (AvgIpc) is 2.73. The molecule has 0 aliphatic carbocycles. The number of unbranched alkanes of at least 4 members (excludes halogenated alkanes) is 8. The van der Waals surface area contributed by atoms with Gasteiger partial charge in [-0.1, -0.05) is 102 Å². The van der Waals surface area contributed by atoms with Gasteiger partial charge in [-0.3, -0.25) is 0 Å². The van der Waals surface area contributed by atoms with Gasteiger partial charge in [0.15, 0.2) is 6.29 Å². The Kier molecular flexibility index (Phi) is 11.9. The molecule has 3 atom stereocenters. The summed E-state index contributed by atoms with van der Waals surface area (Å²) >= 11 is 0. The van der Waals surface area contributed by atoms with Crippen LogP contribution in [0.4, 0.5) is 0 Å². The molecule has 1 aliphatic rings. The molecule has 1 aromatic carbocycles. The molecule has 1 saturated heterocycles. The number of ether oxygens (including phenoxy) is 3. The van der Waals surface area contributed by atoms with Gasteiger partial charge in [-0.05, 0) is 24.3 Å². The monoisotopic (exact) mass is 404 g/mol.